The molecule has 108 valence electrons. The van der Waals surface area contributed by atoms with Crippen molar-refractivity contribution in [2.24, 2.45) is 5.92 Å². The summed E-state index contributed by atoms with van der Waals surface area (Å²) in [4.78, 5) is 24.1. The van der Waals surface area contributed by atoms with Gasteiger partial charge in [0.25, 0.3) is 0 Å². The third kappa shape index (κ3) is 2.15. The molecule has 1 aromatic rings. The lowest BCUT2D eigenvalue weighted by Crippen LogP contribution is -2.39. The number of allylic oxidation sites excluding steroid dienone is 1. The lowest BCUT2D eigenvalue weighted by atomic mass is 9.76. The molecule has 2 heterocycles. The summed E-state index contributed by atoms with van der Waals surface area (Å²) in [7, 11) is 0. The lowest BCUT2D eigenvalue weighted by Gasteiger charge is -2.40. The number of hydrogen-bond acceptors (Lipinski definition) is 4. The number of benzene rings is 1. The van der Waals surface area contributed by atoms with Gasteiger partial charge in [0.05, 0.1) is 12.8 Å². The highest BCUT2D eigenvalue weighted by Crippen LogP contribution is 2.44. The van der Waals surface area contributed by atoms with Gasteiger partial charge in [-0.25, -0.2) is 0 Å². The summed E-state index contributed by atoms with van der Waals surface area (Å²) in [5, 5.41) is 0. The predicted molar refractivity (Wildman–Crippen MR) is 74.1 cm³/mol. The van der Waals surface area contributed by atoms with Gasteiger partial charge in [-0.1, -0.05) is 30.3 Å². The number of carbonyl (C=O) groups excluding carboxylic acids is 2. The van der Waals surface area contributed by atoms with Crippen molar-refractivity contribution in [2.45, 2.75) is 37.9 Å². The van der Waals surface area contributed by atoms with Crippen molar-refractivity contribution in [1.82, 2.24) is 0 Å². The van der Waals surface area contributed by atoms with Crippen LogP contribution in [0.4, 0.5) is 0 Å². The molecule has 1 aliphatic carbocycles. The largest absolute Gasteiger partial charge is 0.489 e. The fourth-order valence-electron chi connectivity index (χ4n) is 3.61. The van der Waals surface area contributed by atoms with E-state index in [1.54, 1.807) is 0 Å². The molecule has 2 bridgehead atoms. The van der Waals surface area contributed by atoms with E-state index in [0.29, 0.717) is 19.3 Å². The van der Waals surface area contributed by atoms with Gasteiger partial charge in [-0.05, 0) is 12.0 Å². The SMILES string of the molecule is O=C1C[C@@H]2C[C@H](CC3=C2C(=O)C[C@@H](c2ccccc2)O3)O1. The van der Waals surface area contributed by atoms with Gasteiger partial charge < -0.3 is 9.47 Å². The number of Topliss-reactive ketones (excluding diaryl/α,β-unsaturated/α-hetero) is 1. The smallest absolute Gasteiger partial charge is 0.306 e. The number of carbonyl (C=O) groups is 2. The maximum absolute atomic E-state index is 12.5. The van der Waals surface area contributed by atoms with Crippen molar-refractivity contribution >= 4 is 11.8 Å². The molecule has 3 atom stereocenters. The summed E-state index contributed by atoms with van der Waals surface area (Å²) < 4.78 is 11.4. The summed E-state index contributed by atoms with van der Waals surface area (Å²) in [5.74, 6) is 0.669. The third-order valence-corrected chi connectivity index (χ3v) is 4.51. The van der Waals surface area contributed by atoms with Crippen LogP contribution in [0.1, 0.15) is 37.4 Å². The topological polar surface area (TPSA) is 52.6 Å². The molecular weight excluding hydrogens is 268 g/mol. The van der Waals surface area contributed by atoms with Gasteiger partial charge in [0.1, 0.15) is 18.0 Å². The van der Waals surface area contributed by atoms with Crippen molar-refractivity contribution in [1.29, 1.82) is 0 Å². The van der Waals surface area contributed by atoms with Crippen LogP contribution in [0.3, 0.4) is 0 Å². The Morgan fingerprint density at radius 3 is 2.57 bits per heavy atom. The van der Waals surface area contributed by atoms with Crippen molar-refractivity contribution in [2.75, 3.05) is 0 Å². The predicted octanol–water partition coefficient (Wildman–Crippen LogP) is 2.70. The Hall–Kier alpha value is -2.10. The van der Waals surface area contributed by atoms with Gasteiger partial charge in [-0.3, -0.25) is 9.59 Å². The Balaban J connectivity index is 1.67. The van der Waals surface area contributed by atoms with Crippen molar-refractivity contribution in [3.8, 4) is 0 Å². The Bertz CT molecular complexity index is 631. The second-order valence-electron chi connectivity index (χ2n) is 5.93. The molecule has 4 rings (SSSR count). The maximum Gasteiger partial charge on any atom is 0.306 e. The molecule has 0 aromatic heterocycles. The zero-order valence-electron chi connectivity index (χ0n) is 11.6. The molecular formula is C17H16O4. The highest BCUT2D eigenvalue weighted by atomic mass is 16.5. The summed E-state index contributed by atoms with van der Waals surface area (Å²) in [5.41, 5.74) is 1.76. The van der Waals surface area contributed by atoms with Gasteiger partial charge in [0.15, 0.2) is 5.78 Å². The maximum atomic E-state index is 12.5. The molecule has 0 saturated carbocycles. The zero-order chi connectivity index (χ0) is 14.4. The van der Waals surface area contributed by atoms with E-state index >= 15 is 0 Å². The first-order valence-electron chi connectivity index (χ1n) is 7.38. The monoisotopic (exact) mass is 284 g/mol. The van der Waals surface area contributed by atoms with Crippen LogP contribution in [0.5, 0.6) is 0 Å². The lowest BCUT2D eigenvalue weighted by molar-refractivity contribution is -0.158. The molecule has 4 heteroatoms. The second-order valence-corrected chi connectivity index (χ2v) is 5.93. The first kappa shape index (κ1) is 12.6. The molecule has 1 saturated heterocycles. The molecule has 0 amide bonds. The van der Waals surface area contributed by atoms with E-state index in [9.17, 15) is 9.59 Å². The molecule has 0 radical (unpaired) electrons. The number of rotatable bonds is 1. The molecule has 0 spiro atoms. The van der Waals surface area contributed by atoms with E-state index in [1.165, 1.54) is 0 Å². The van der Waals surface area contributed by atoms with Gasteiger partial charge >= 0.3 is 5.97 Å². The van der Waals surface area contributed by atoms with Crippen molar-refractivity contribution in [3.05, 3.63) is 47.2 Å². The van der Waals surface area contributed by atoms with Crippen molar-refractivity contribution < 1.29 is 19.1 Å². The minimum absolute atomic E-state index is 0.00998. The van der Waals surface area contributed by atoms with Crippen LogP contribution >= 0.6 is 0 Å². The third-order valence-electron chi connectivity index (χ3n) is 4.51. The van der Waals surface area contributed by atoms with Crippen LogP contribution in [0.2, 0.25) is 0 Å². The van der Waals surface area contributed by atoms with Gasteiger partial charge in [0, 0.05) is 17.9 Å². The normalized spacial score (nSPS) is 31.3. The van der Waals surface area contributed by atoms with Crippen LogP contribution in [0.25, 0.3) is 0 Å². The Labute approximate surface area is 122 Å². The van der Waals surface area contributed by atoms with E-state index in [-0.39, 0.29) is 29.9 Å². The fraction of sp³-hybridized carbons (Fsp3) is 0.412. The number of esters is 1. The molecule has 1 fully saturated rings. The molecule has 0 N–H and O–H groups in total. The standard InChI is InChI=1S/C17H16O4/c18-13-9-14(10-4-2-1-3-5-10)21-15-8-12-6-11(17(13)15)7-16(19)20-12/h1-5,11-12,14H,6-9H2/t11-,12+,14-/m0/s1. The van der Waals surface area contributed by atoms with Gasteiger partial charge in [-0.2, -0.15) is 0 Å². The average molecular weight is 284 g/mol. The molecule has 1 aromatic carbocycles. The minimum Gasteiger partial charge on any atom is -0.489 e. The highest BCUT2D eigenvalue weighted by Gasteiger charge is 2.43. The quantitative estimate of drug-likeness (QED) is 0.744. The average Bonchev–Trinajstić information content (AvgIpc) is 2.46. The number of fused-ring (bicyclic) bond motifs is 3. The Morgan fingerprint density at radius 2 is 1.76 bits per heavy atom. The van der Waals surface area contributed by atoms with E-state index in [1.807, 2.05) is 30.3 Å². The van der Waals surface area contributed by atoms with Crippen LogP contribution in [-0.2, 0) is 19.1 Å². The van der Waals surface area contributed by atoms with E-state index in [4.69, 9.17) is 9.47 Å². The van der Waals surface area contributed by atoms with E-state index < -0.39 is 0 Å². The van der Waals surface area contributed by atoms with Gasteiger partial charge in [-0.15, -0.1) is 0 Å². The first-order valence-corrected chi connectivity index (χ1v) is 7.38. The Morgan fingerprint density at radius 1 is 0.952 bits per heavy atom. The number of hydrogen-bond donors (Lipinski definition) is 0. The molecule has 0 unspecified atom stereocenters. The Kier molecular flexibility index (Phi) is 2.84. The summed E-state index contributed by atoms with van der Waals surface area (Å²) in [6.07, 6.45) is 1.62. The summed E-state index contributed by atoms with van der Waals surface area (Å²) in [6.45, 7) is 0. The van der Waals surface area contributed by atoms with Crippen LogP contribution in [0.15, 0.2) is 41.7 Å². The fourth-order valence-corrected chi connectivity index (χ4v) is 3.61. The number of ketones is 1. The van der Waals surface area contributed by atoms with Crippen LogP contribution in [0, 0.1) is 5.92 Å². The van der Waals surface area contributed by atoms with Crippen LogP contribution < -0.4 is 0 Å². The summed E-state index contributed by atoms with van der Waals surface area (Å²) in [6, 6.07) is 9.80. The molecule has 4 nitrogen and oxygen atoms in total. The second kappa shape index (κ2) is 4.72. The van der Waals surface area contributed by atoms with E-state index in [0.717, 1.165) is 23.3 Å². The molecule has 21 heavy (non-hydrogen) atoms. The minimum atomic E-state index is -0.216. The zero-order valence-corrected chi connectivity index (χ0v) is 11.6. The van der Waals surface area contributed by atoms with Crippen LogP contribution in [-0.4, -0.2) is 17.9 Å². The highest BCUT2D eigenvalue weighted by molar-refractivity contribution is 5.98. The molecule has 3 aliphatic rings. The van der Waals surface area contributed by atoms with Crippen molar-refractivity contribution in [3.63, 3.8) is 0 Å². The summed E-state index contributed by atoms with van der Waals surface area (Å²) >= 11 is 0. The first-order chi connectivity index (χ1) is 10.2. The van der Waals surface area contributed by atoms with E-state index in [2.05, 4.69) is 0 Å². The molecule has 2 aliphatic heterocycles. The number of ether oxygens (including phenoxy) is 2. The van der Waals surface area contributed by atoms with Gasteiger partial charge in [0.2, 0.25) is 0 Å².